The Morgan fingerprint density at radius 2 is 2.04 bits per heavy atom. The molecule has 3 rings (SSSR count). The van der Waals surface area contributed by atoms with Crippen LogP contribution in [0, 0.1) is 3.57 Å². The van der Waals surface area contributed by atoms with Crippen LogP contribution in [-0.2, 0) is 9.59 Å². The summed E-state index contributed by atoms with van der Waals surface area (Å²) >= 11 is 2.18. The average molecular weight is 422 g/mol. The predicted molar refractivity (Wildman–Crippen MR) is 96.7 cm³/mol. The van der Waals surface area contributed by atoms with E-state index in [1.54, 1.807) is 19.1 Å². The molecule has 2 aromatic rings. The monoisotopic (exact) mass is 422 g/mol. The van der Waals surface area contributed by atoms with Gasteiger partial charge in [-0.05, 0) is 59.8 Å². The highest BCUT2D eigenvalue weighted by Crippen LogP contribution is 2.33. The van der Waals surface area contributed by atoms with Gasteiger partial charge in [-0.1, -0.05) is 18.2 Å². The number of anilines is 2. The molecule has 2 aromatic carbocycles. The van der Waals surface area contributed by atoms with Gasteiger partial charge in [-0.15, -0.1) is 0 Å². The van der Waals surface area contributed by atoms with E-state index < -0.39 is 6.10 Å². The van der Waals surface area contributed by atoms with Gasteiger partial charge >= 0.3 is 0 Å². The fourth-order valence-corrected chi connectivity index (χ4v) is 2.98. The summed E-state index contributed by atoms with van der Waals surface area (Å²) in [6.45, 7) is 1.64. The molecule has 2 amide bonds. The van der Waals surface area contributed by atoms with Crippen LogP contribution in [0.2, 0.25) is 0 Å². The number of hydrogen-bond donors (Lipinski definition) is 1. The van der Waals surface area contributed by atoms with E-state index in [9.17, 15) is 9.59 Å². The molecule has 0 fully saturated rings. The topological polar surface area (TPSA) is 58.6 Å². The van der Waals surface area contributed by atoms with Gasteiger partial charge in [0.2, 0.25) is 5.91 Å². The van der Waals surface area contributed by atoms with Crippen LogP contribution in [-0.4, -0.2) is 24.5 Å². The first-order valence-corrected chi connectivity index (χ1v) is 8.25. The van der Waals surface area contributed by atoms with E-state index in [0.717, 1.165) is 3.57 Å². The summed E-state index contributed by atoms with van der Waals surface area (Å²) in [5.41, 5.74) is 1.33. The Hall–Kier alpha value is -2.09. The minimum Gasteiger partial charge on any atom is -0.479 e. The van der Waals surface area contributed by atoms with Gasteiger partial charge < -0.3 is 10.1 Å². The normalized spacial score (nSPS) is 16.5. The van der Waals surface area contributed by atoms with Crippen molar-refractivity contribution in [2.75, 3.05) is 16.8 Å². The molecule has 0 saturated heterocycles. The molecule has 0 aliphatic carbocycles. The predicted octanol–water partition coefficient (Wildman–Crippen LogP) is 3.04. The van der Waals surface area contributed by atoms with E-state index in [0.29, 0.717) is 17.1 Å². The minimum absolute atomic E-state index is 0.0466. The molecule has 1 heterocycles. The van der Waals surface area contributed by atoms with Gasteiger partial charge in [0.1, 0.15) is 12.3 Å². The van der Waals surface area contributed by atoms with Gasteiger partial charge in [-0.2, -0.15) is 0 Å². The fraction of sp³-hybridized carbons (Fsp3) is 0.176. The van der Waals surface area contributed by atoms with Crippen molar-refractivity contribution in [1.29, 1.82) is 0 Å². The maximum Gasteiger partial charge on any atom is 0.268 e. The lowest BCUT2D eigenvalue weighted by atomic mass is 10.2. The lowest BCUT2D eigenvalue weighted by Gasteiger charge is -2.32. The molecule has 0 unspecified atom stereocenters. The Kier molecular flexibility index (Phi) is 4.51. The summed E-state index contributed by atoms with van der Waals surface area (Å²) in [5.74, 6) is 0.146. The smallest absolute Gasteiger partial charge is 0.268 e. The van der Waals surface area contributed by atoms with Crippen LogP contribution in [0.4, 0.5) is 11.4 Å². The average Bonchev–Trinajstić information content (AvgIpc) is 2.52. The summed E-state index contributed by atoms with van der Waals surface area (Å²) < 4.78 is 6.60. The number of para-hydroxylation sites is 2. The summed E-state index contributed by atoms with van der Waals surface area (Å²) in [7, 11) is 0. The van der Waals surface area contributed by atoms with Crippen LogP contribution >= 0.6 is 22.6 Å². The molecule has 0 aromatic heterocycles. The first kappa shape index (κ1) is 15.8. The van der Waals surface area contributed by atoms with Crippen molar-refractivity contribution in [2.45, 2.75) is 13.0 Å². The second kappa shape index (κ2) is 6.57. The molecule has 1 aliphatic heterocycles. The van der Waals surface area contributed by atoms with Crippen LogP contribution in [0.1, 0.15) is 6.92 Å². The van der Waals surface area contributed by atoms with E-state index in [-0.39, 0.29) is 18.4 Å². The molecule has 1 atom stereocenters. The first-order chi connectivity index (χ1) is 11.0. The van der Waals surface area contributed by atoms with Gasteiger partial charge in [-0.3, -0.25) is 14.5 Å². The Morgan fingerprint density at radius 1 is 1.26 bits per heavy atom. The zero-order chi connectivity index (χ0) is 16.4. The summed E-state index contributed by atoms with van der Waals surface area (Å²) in [6, 6.07) is 14.7. The molecular formula is C17H15IN2O3. The molecule has 0 spiro atoms. The maximum atomic E-state index is 12.3. The van der Waals surface area contributed by atoms with E-state index in [4.69, 9.17) is 4.74 Å². The second-order valence-corrected chi connectivity index (χ2v) is 6.46. The van der Waals surface area contributed by atoms with E-state index >= 15 is 0 Å². The molecule has 5 nitrogen and oxygen atoms in total. The number of hydrogen-bond acceptors (Lipinski definition) is 3. The van der Waals surface area contributed by atoms with Crippen molar-refractivity contribution in [3.8, 4) is 5.75 Å². The van der Waals surface area contributed by atoms with Crippen molar-refractivity contribution < 1.29 is 14.3 Å². The number of amides is 2. The number of nitrogens with one attached hydrogen (secondary N) is 1. The largest absolute Gasteiger partial charge is 0.479 e. The molecule has 0 bridgehead atoms. The fourth-order valence-electron chi connectivity index (χ4n) is 2.43. The highest BCUT2D eigenvalue weighted by Gasteiger charge is 2.32. The first-order valence-electron chi connectivity index (χ1n) is 7.17. The highest BCUT2D eigenvalue weighted by molar-refractivity contribution is 14.1. The summed E-state index contributed by atoms with van der Waals surface area (Å²) in [6.07, 6.45) is -0.602. The number of carbonyl (C=O) groups excluding carboxylic acids is 2. The molecule has 0 radical (unpaired) electrons. The molecule has 0 saturated carbocycles. The Balaban J connectivity index is 1.78. The zero-order valence-electron chi connectivity index (χ0n) is 12.5. The van der Waals surface area contributed by atoms with Gasteiger partial charge in [0.05, 0.1) is 5.69 Å². The Bertz CT molecular complexity index is 763. The third kappa shape index (κ3) is 3.47. The van der Waals surface area contributed by atoms with E-state index in [2.05, 4.69) is 27.9 Å². The second-order valence-electron chi connectivity index (χ2n) is 5.21. The number of benzene rings is 2. The number of carbonyl (C=O) groups is 2. The molecular weight excluding hydrogens is 407 g/mol. The lowest BCUT2D eigenvalue weighted by Crippen LogP contribution is -2.47. The zero-order valence-corrected chi connectivity index (χ0v) is 14.6. The Labute approximate surface area is 147 Å². The van der Waals surface area contributed by atoms with Crippen molar-refractivity contribution in [3.05, 3.63) is 52.1 Å². The van der Waals surface area contributed by atoms with Gasteiger partial charge in [0, 0.05) is 9.26 Å². The third-order valence-corrected chi connectivity index (χ3v) is 4.15. The summed E-state index contributed by atoms with van der Waals surface area (Å²) in [5, 5.41) is 2.82. The number of nitrogens with zero attached hydrogens (tertiary/aromatic N) is 1. The Morgan fingerprint density at radius 3 is 2.83 bits per heavy atom. The van der Waals surface area contributed by atoms with Gasteiger partial charge in [0.25, 0.3) is 5.91 Å². The van der Waals surface area contributed by atoms with Crippen LogP contribution < -0.4 is 15.0 Å². The minimum atomic E-state index is -0.602. The number of ether oxygens (including phenoxy) is 1. The van der Waals surface area contributed by atoms with Crippen molar-refractivity contribution >= 4 is 45.8 Å². The van der Waals surface area contributed by atoms with Gasteiger partial charge in [0.15, 0.2) is 6.10 Å². The van der Waals surface area contributed by atoms with Crippen molar-refractivity contribution in [3.63, 3.8) is 0 Å². The highest BCUT2D eigenvalue weighted by atomic mass is 127. The standard InChI is InChI=1S/C17H15IN2O3/c1-11-17(22)20(14-7-2-3-8-15(14)23-11)10-16(21)19-13-6-4-5-12(18)9-13/h2-9,11H,10H2,1H3,(H,19,21)/t11-/m0/s1. The van der Waals surface area contributed by atoms with Crippen LogP contribution in [0.5, 0.6) is 5.75 Å². The van der Waals surface area contributed by atoms with Crippen molar-refractivity contribution in [2.24, 2.45) is 0 Å². The van der Waals surface area contributed by atoms with Crippen LogP contribution in [0.3, 0.4) is 0 Å². The van der Waals surface area contributed by atoms with E-state index in [1.165, 1.54) is 4.90 Å². The van der Waals surface area contributed by atoms with Crippen molar-refractivity contribution in [1.82, 2.24) is 0 Å². The number of rotatable bonds is 3. The number of halogens is 1. The maximum absolute atomic E-state index is 12.3. The van der Waals surface area contributed by atoms with Crippen LogP contribution in [0.15, 0.2) is 48.5 Å². The molecule has 118 valence electrons. The molecule has 6 heteroatoms. The summed E-state index contributed by atoms with van der Waals surface area (Å²) in [4.78, 5) is 26.1. The lowest BCUT2D eigenvalue weighted by molar-refractivity contribution is -0.127. The van der Waals surface area contributed by atoms with Crippen LogP contribution in [0.25, 0.3) is 0 Å². The van der Waals surface area contributed by atoms with Gasteiger partial charge in [-0.25, -0.2) is 0 Å². The molecule has 23 heavy (non-hydrogen) atoms. The quantitative estimate of drug-likeness (QED) is 0.774. The third-order valence-electron chi connectivity index (χ3n) is 3.48. The van der Waals surface area contributed by atoms with E-state index in [1.807, 2.05) is 36.4 Å². The molecule has 1 aliphatic rings. The number of fused-ring (bicyclic) bond motifs is 1. The SMILES string of the molecule is C[C@@H]1Oc2ccccc2N(CC(=O)Nc2cccc(I)c2)C1=O. The molecule has 1 N–H and O–H groups in total.